The molecule has 0 spiro atoms. The highest BCUT2D eigenvalue weighted by molar-refractivity contribution is 6.30. The monoisotopic (exact) mass is 268 g/mol. The highest BCUT2D eigenvalue weighted by Gasteiger charge is 2.29. The van der Waals surface area contributed by atoms with Crippen molar-refractivity contribution in [1.29, 1.82) is 0 Å². The Kier molecular flexibility index (Phi) is 4.77. The van der Waals surface area contributed by atoms with E-state index in [9.17, 15) is 4.79 Å². The molecule has 1 amide bonds. The smallest absolute Gasteiger partial charge is 0.240 e. The van der Waals surface area contributed by atoms with Gasteiger partial charge >= 0.3 is 0 Å². The number of carbonyl (C=O) groups is 1. The van der Waals surface area contributed by atoms with Gasteiger partial charge in [-0.05, 0) is 23.1 Å². The van der Waals surface area contributed by atoms with Crippen molar-refractivity contribution in [3.63, 3.8) is 0 Å². The van der Waals surface area contributed by atoms with Gasteiger partial charge in [0, 0.05) is 18.6 Å². The summed E-state index contributed by atoms with van der Waals surface area (Å²) >= 11 is 5.91. The molecule has 0 saturated carbocycles. The first-order valence-electron chi connectivity index (χ1n) is 5.97. The predicted molar refractivity (Wildman–Crippen MR) is 75.4 cm³/mol. The minimum absolute atomic E-state index is 0.0533. The number of nitrogens with two attached hydrogens (primary N) is 1. The van der Waals surface area contributed by atoms with E-state index in [0.29, 0.717) is 11.6 Å². The first-order chi connectivity index (χ1) is 8.21. The molecule has 0 bridgehead atoms. The molecule has 1 aromatic carbocycles. The van der Waals surface area contributed by atoms with Gasteiger partial charge in [0.25, 0.3) is 0 Å². The van der Waals surface area contributed by atoms with Crippen LogP contribution in [0, 0.1) is 5.41 Å². The van der Waals surface area contributed by atoms with E-state index in [2.05, 4.69) is 0 Å². The third kappa shape index (κ3) is 4.00. The maximum absolute atomic E-state index is 12.1. The molecule has 1 aromatic rings. The second kappa shape index (κ2) is 5.72. The summed E-state index contributed by atoms with van der Waals surface area (Å²) < 4.78 is 0. The maximum atomic E-state index is 12.1. The van der Waals surface area contributed by atoms with Crippen LogP contribution in [-0.4, -0.2) is 23.9 Å². The van der Waals surface area contributed by atoms with E-state index in [1.54, 1.807) is 11.9 Å². The summed E-state index contributed by atoms with van der Waals surface area (Å²) in [6.07, 6.45) is 0. The number of benzene rings is 1. The minimum Gasteiger partial charge on any atom is -0.340 e. The first kappa shape index (κ1) is 15.0. The van der Waals surface area contributed by atoms with Crippen LogP contribution in [0.15, 0.2) is 24.3 Å². The maximum Gasteiger partial charge on any atom is 0.240 e. The van der Waals surface area contributed by atoms with Crippen molar-refractivity contribution in [2.45, 2.75) is 33.4 Å². The fourth-order valence-electron chi connectivity index (χ4n) is 1.59. The number of carbonyl (C=O) groups excluding carboxylic acids is 1. The Balaban J connectivity index is 2.71. The van der Waals surface area contributed by atoms with Gasteiger partial charge in [-0.15, -0.1) is 0 Å². The molecule has 0 saturated heterocycles. The molecule has 0 radical (unpaired) electrons. The highest BCUT2D eigenvalue weighted by atomic mass is 35.5. The van der Waals surface area contributed by atoms with Crippen LogP contribution in [0.25, 0.3) is 0 Å². The molecule has 0 fully saturated rings. The topological polar surface area (TPSA) is 46.3 Å². The number of halogens is 1. The summed E-state index contributed by atoms with van der Waals surface area (Å²) in [4.78, 5) is 13.8. The zero-order chi connectivity index (χ0) is 13.9. The molecule has 0 heterocycles. The van der Waals surface area contributed by atoms with Gasteiger partial charge in [0.05, 0.1) is 6.04 Å². The Hall–Kier alpha value is -1.06. The Labute approximate surface area is 114 Å². The van der Waals surface area contributed by atoms with E-state index < -0.39 is 6.04 Å². The molecule has 3 nitrogen and oxygen atoms in total. The Bertz CT molecular complexity index is 426. The molecule has 18 heavy (non-hydrogen) atoms. The number of rotatable bonds is 3. The van der Waals surface area contributed by atoms with Gasteiger partial charge < -0.3 is 10.6 Å². The normalized spacial score (nSPS) is 13.2. The number of nitrogens with zero attached hydrogens (tertiary/aromatic N) is 1. The zero-order valence-corrected chi connectivity index (χ0v) is 12.2. The van der Waals surface area contributed by atoms with Gasteiger partial charge in [0.15, 0.2) is 0 Å². The van der Waals surface area contributed by atoms with Crippen molar-refractivity contribution >= 4 is 17.5 Å². The van der Waals surface area contributed by atoms with E-state index in [0.717, 1.165) is 5.56 Å². The zero-order valence-electron chi connectivity index (χ0n) is 11.4. The summed E-state index contributed by atoms with van der Waals surface area (Å²) in [7, 11) is 1.76. The molecular weight excluding hydrogens is 248 g/mol. The van der Waals surface area contributed by atoms with Crippen molar-refractivity contribution in [3.8, 4) is 0 Å². The quantitative estimate of drug-likeness (QED) is 0.916. The summed E-state index contributed by atoms with van der Waals surface area (Å²) in [6.45, 7) is 6.40. The Morgan fingerprint density at radius 3 is 2.56 bits per heavy atom. The van der Waals surface area contributed by atoms with Gasteiger partial charge in [0.1, 0.15) is 0 Å². The van der Waals surface area contributed by atoms with E-state index in [-0.39, 0.29) is 11.3 Å². The lowest BCUT2D eigenvalue weighted by Crippen LogP contribution is -2.48. The standard InChI is InChI=1S/C14H21ClN2O/c1-14(2,3)12(16)13(18)17(4)9-10-6-5-7-11(15)8-10/h5-8,12H,9,16H2,1-4H3/t12-/m0/s1. The average Bonchev–Trinajstić information content (AvgIpc) is 2.25. The van der Waals surface area contributed by atoms with Crippen molar-refractivity contribution in [3.05, 3.63) is 34.9 Å². The molecule has 4 heteroatoms. The van der Waals surface area contributed by atoms with E-state index in [4.69, 9.17) is 17.3 Å². The summed E-state index contributed by atoms with van der Waals surface area (Å²) in [6, 6.07) is 6.99. The van der Waals surface area contributed by atoms with Crippen molar-refractivity contribution < 1.29 is 4.79 Å². The largest absolute Gasteiger partial charge is 0.340 e. The van der Waals surface area contributed by atoms with Gasteiger partial charge in [-0.1, -0.05) is 44.5 Å². The molecular formula is C14H21ClN2O. The lowest BCUT2D eigenvalue weighted by atomic mass is 9.86. The molecule has 1 rings (SSSR count). The first-order valence-corrected chi connectivity index (χ1v) is 6.34. The van der Waals surface area contributed by atoms with Gasteiger partial charge in [-0.25, -0.2) is 0 Å². The molecule has 0 aliphatic heterocycles. The fraction of sp³-hybridized carbons (Fsp3) is 0.500. The second-order valence-electron chi connectivity index (χ2n) is 5.67. The van der Waals surface area contributed by atoms with Crippen molar-refractivity contribution in [2.75, 3.05) is 7.05 Å². The average molecular weight is 269 g/mol. The van der Waals surface area contributed by atoms with E-state index >= 15 is 0 Å². The van der Waals surface area contributed by atoms with Crippen LogP contribution in [0.1, 0.15) is 26.3 Å². The SMILES string of the molecule is CN(Cc1cccc(Cl)c1)C(=O)[C@H](N)C(C)(C)C. The predicted octanol–water partition coefficient (Wildman–Crippen LogP) is 2.67. The lowest BCUT2D eigenvalue weighted by Gasteiger charge is -2.30. The van der Waals surface area contributed by atoms with E-state index in [1.807, 2.05) is 45.0 Å². The van der Waals surface area contributed by atoms with Gasteiger partial charge in [-0.2, -0.15) is 0 Å². The van der Waals surface area contributed by atoms with Crippen LogP contribution in [0.3, 0.4) is 0 Å². The van der Waals surface area contributed by atoms with E-state index in [1.165, 1.54) is 0 Å². The van der Waals surface area contributed by atoms with Crippen LogP contribution in [0.5, 0.6) is 0 Å². The van der Waals surface area contributed by atoms with Gasteiger partial charge in [0.2, 0.25) is 5.91 Å². The molecule has 100 valence electrons. The third-order valence-electron chi connectivity index (χ3n) is 2.88. The molecule has 0 aromatic heterocycles. The lowest BCUT2D eigenvalue weighted by molar-refractivity contribution is -0.134. The van der Waals surface area contributed by atoms with Crippen molar-refractivity contribution in [1.82, 2.24) is 4.90 Å². The Morgan fingerprint density at radius 2 is 2.06 bits per heavy atom. The van der Waals surface area contributed by atoms with Crippen molar-refractivity contribution in [2.24, 2.45) is 11.1 Å². The second-order valence-corrected chi connectivity index (χ2v) is 6.10. The number of hydrogen-bond donors (Lipinski definition) is 1. The molecule has 2 N–H and O–H groups in total. The highest BCUT2D eigenvalue weighted by Crippen LogP contribution is 2.20. The number of amides is 1. The molecule has 0 aliphatic rings. The van der Waals surface area contributed by atoms with Crippen LogP contribution in [0.4, 0.5) is 0 Å². The Morgan fingerprint density at radius 1 is 1.44 bits per heavy atom. The molecule has 0 aliphatic carbocycles. The third-order valence-corrected chi connectivity index (χ3v) is 3.12. The summed E-state index contributed by atoms with van der Waals surface area (Å²) in [5.41, 5.74) is 6.72. The van der Waals surface area contributed by atoms with Crippen LogP contribution < -0.4 is 5.73 Å². The van der Waals surface area contributed by atoms with Crippen LogP contribution in [-0.2, 0) is 11.3 Å². The van der Waals surface area contributed by atoms with Crippen LogP contribution in [0.2, 0.25) is 5.02 Å². The summed E-state index contributed by atoms with van der Waals surface area (Å²) in [5, 5.41) is 0.675. The summed E-state index contributed by atoms with van der Waals surface area (Å²) in [5.74, 6) is -0.0533. The number of likely N-dealkylation sites (N-methyl/N-ethyl adjacent to an activating group) is 1. The van der Waals surface area contributed by atoms with Crippen LogP contribution >= 0.6 is 11.6 Å². The van der Waals surface area contributed by atoms with Gasteiger partial charge in [-0.3, -0.25) is 4.79 Å². The fourth-order valence-corrected chi connectivity index (χ4v) is 1.81. The molecule has 0 unspecified atom stereocenters. The molecule has 1 atom stereocenters. The minimum atomic E-state index is -0.498. The number of hydrogen-bond acceptors (Lipinski definition) is 2.